The molecule has 8 heteroatoms. The SMILES string of the molecule is O=C(O)c1ccc(-n2nnnc2SCc2ccccc2P)cc1. The van der Waals surface area contributed by atoms with Crippen molar-refractivity contribution in [1.29, 1.82) is 0 Å². The maximum atomic E-state index is 10.9. The molecule has 0 spiro atoms. The number of aromatic carboxylic acids is 1. The third kappa shape index (κ3) is 3.57. The van der Waals surface area contributed by atoms with Gasteiger partial charge in [-0.3, -0.25) is 0 Å². The van der Waals surface area contributed by atoms with Crippen molar-refractivity contribution >= 4 is 32.3 Å². The van der Waals surface area contributed by atoms with E-state index in [1.165, 1.54) is 29.5 Å². The third-order valence-electron chi connectivity index (χ3n) is 3.21. The quantitative estimate of drug-likeness (QED) is 0.564. The monoisotopic (exact) mass is 344 g/mol. The molecule has 0 saturated carbocycles. The molecule has 23 heavy (non-hydrogen) atoms. The van der Waals surface area contributed by atoms with E-state index >= 15 is 0 Å². The van der Waals surface area contributed by atoms with Gasteiger partial charge in [0.2, 0.25) is 5.16 Å². The van der Waals surface area contributed by atoms with Crippen LogP contribution >= 0.6 is 21.0 Å². The summed E-state index contributed by atoms with van der Waals surface area (Å²) in [5.74, 6) is -0.215. The number of carboxylic acids is 1. The molecule has 3 aromatic rings. The van der Waals surface area contributed by atoms with Gasteiger partial charge in [0.1, 0.15) is 0 Å². The number of hydrogen-bond acceptors (Lipinski definition) is 5. The van der Waals surface area contributed by atoms with E-state index in [1.54, 1.807) is 16.8 Å². The summed E-state index contributed by atoms with van der Waals surface area (Å²) in [5.41, 5.74) is 2.15. The lowest BCUT2D eigenvalue weighted by atomic mass is 10.2. The van der Waals surface area contributed by atoms with Crippen molar-refractivity contribution in [3.63, 3.8) is 0 Å². The summed E-state index contributed by atoms with van der Waals surface area (Å²) in [6.07, 6.45) is 0. The van der Waals surface area contributed by atoms with Crippen LogP contribution in [-0.4, -0.2) is 31.3 Å². The van der Waals surface area contributed by atoms with Gasteiger partial charge in [-0.15, -0.1) is 14.3 Å². The number of carboxylic acid groups (broad SMARTS) is 1. The number of nitrogens with zero attached hydrogens (tertiary/aromatic N) is 4. The fourth-order valence-corrected chi connectivity index (χ4v) is 3.35. The van der Waals surface area contributed by atoms with Crippen molar-refractivity contribution in [2.75, 3.05) is 0 Å². The lowest BCUT2D eigenvalue weighted by molar-refractivity contribution is 0.0697. The Hall–Kier alpha value is -2.24. The molecule has 116 valence electrons. The summed E-state index contributed by atoms with van der Waals surface area (Å²) in [6.45, 7) is 0. The smallest absolute Gasteiger partial charge is 0.335 e. The fourth-order valence-electron chi connectivity index (χ4n) is 1.98. The van der Waals surface area contributed by atoms with Crippen LogP contribution in [0.2, 0.25) is 0 Å². The molecule has 1 atom stereocenters. The van der Waals surface area contributed by atoms with E-state index in [1.807, 2.05) is 18.2 Å². The van der Waals surface area contributed by atoms with Crippen LogP contribution in [0.3, 0.4) is 0 Å². The van der Waals surface area contributed by atoms with Gasteiger partial charge in [-0.25, -0.2) is 4.79 Å². The van der Waals surface area contributed by atoms with Gasteiger partial charge >= 0.3 is 5.97 Å². The van der Waals surface area contributed by atoms with Crippen LogP contribution < -0.4 is 5.30 Å². The summed E-state index contributed by atoms with van der Waals surface area (Å²) < 4.78 is 1.60. The average molecular weight is 344 g/mol. The highest BCUT2D eigenvalue weighted by atomic mass is 32.2. The van der Waals surface area contributed by atoms with E-state index in [2.05, 4.69) is 30.8 Å². The first-order chi connectivity index (χ1) is 11.1. The first-order valence-corrected chi connectivity index (χ1v) is 8.30. The summed E-state index contributed by atoms with van der Waals surface area (Å²) in [4.78, 5) is 10.9. The van der Waals surface area contributed by atoms with Crippen LogP contribution in [0.5, 0.6) is 0 Å². The number of thioether (sulfide) groups is 1. The van der Waals surface area contributed by atoms with E-state index in [0.717, 1.165) is 16.7 Å². The molecule has 1 N–H and O–H groups in total. The second-order valence-corrected chi connectivity index (χ2v) is 6.28. The Bertz CT molecular complexity index is 836. The minimum atomic E-state index is -0.958. The molecule has 0 amide bonds. The number of carbonyl (C=O) groups is 1. The first-order valence-electron chi connectivity index (χ1n) is 6.73. The number of rotatable bonds is 5. The van der Waals surface area contributed by atoms with Gasteiger partial charge < -0.3 is 5.11 Å². The van der Waals surface area contributed by atoms with Crippen LogP contribution in [-0.2, 0) is 5.75 Å². The molecule has 2 aromatic carbocycles. The predicted molar refractivity (Wildman–Crippen MR) is 91.5 cm³/mol. The number of benzene rings is 2. The Labute approximate surface area is 139 Å². The molecular weight excluding hydrogens is 331 g/mol. The molecular formula is C15H13N4O2PS. The van der Waals surface area contributed by atoms with E-state index in [0.29, 0.717) is 5.16 Å². The van der Waals surface area contributed by atoms with Gasteiger partial charge in [0, 0.05) is 5.75 Å². The zero-order chi connectivity index (χ0) is 16.2. The Morgan fingerprint density at radius 3 is 2.61 bits per heavy atom. The Balaban J connectivity index is 1.79. The van der Waals surface area contributed by atoms with Crippen LogP contribution in [0.15, 0.2) is 53.7 Å². The van der Waals surface area contributed by atoms with Gasteiger partial charge in [-0.2, -0.15) is 4.68 Å². The summed E-state index contributed by atoms with van der Waals surface area (Å²) >= 11 is 1.52. The molecule has 0 aliphatic heterocycles. The normalized spacial score (nSPS) is 10.7. The minimum Gasteiger partial charge on any atom is -0.478 e. The number of tetrazole rings is 1. The highest BCUT2D eigenvalue weighted by molar-refractivity contribution is 7.98. The standard InChI is InChI=1S/C15H13N4O2PS/c20-14(21)10-5-7-12(8-6-10)19-15(16-17-18-19)23-9-11-3-1-2-4-13(11)22/h1-8H,9,22H2,(H,20,21). The van der Waals surface area contributed by atoms with Gasteiger partial charge in [-0.1, -0.05) is 36.0 Å². The summed E-state index contributed by atoms with van der Waals surface area (Å²) in [6, 6.07) is 14.5. The molecule has 0 aliphatic rings. The van der Waals surface area contributed by atoms with E-state index in [-0.39, 0.29) is 5.56 Å². The van der Waals surface area contributed by atoms with Crippen molar-refractivity contribution in [3.8, 4) is 5.69 Å². The van der Waals surface area contributed by atoms with Crippen LogP contribution in [0.25, 0.3) is 5.69 Å². The average Bonchev–Trinajstić information content (AvgIpc) is 3.02. The first kappa shape index (κ1) is 15.6. The largest absolute Gasteiger partial charge is 0.478 e. The van der Waals surface area contributed by atoms with Gasteiger partial charge in [-0.05, 0) is 45.6 Å². The molecule has 1 aromatic heterocycles. The molecule has 1 unspecified atom stereocenters. The van der Waals surface area contributed by atoms with E-state index in [4.69, 9.17) is 5.11 Å². The minimum absolute atomic E-state index is 0.230. The maximum Gasteiger partial charge on any atom is 0.335 e. The highest BCUT2D eigenvalue weighted by Crippen LogP contribution is 2.22. The van der Waals surface area contributed by atoms with Crippen molar-refractivity contribution in [2.24, 2.45) is 0 Å². The predicted octanol–water partition coefficient (Wildman–Crippen LogP) is 2.15. The van der Waals surface area contributed by atoms with E-state index < -0.39 is 5.97 Å². The highest BCUT2D eigenvalue weighted by Gasteiger charge is 2.11. The molecule has 0 saturated heterocycles. The zero-order valence-corrected chi connectivity index (χ0v) is 13.9. The summed E-state index contributed by atoms with van der Waals surface area (Å²) in [5, 5.41) is 22.5. The number of aromatic nitrogens is 4. The number of hydrogen-bond donors (Lipinski definition) is 1. The van der Waals surface area contributed by atoms with Gasteiger partial charge in [0.15, 0.2) is 0 Å². The molecule has 6 nitrogen and oxygen atoms in total. The van der Waals surface area contributed by atoms with Crippen LogP contribution in [0.4, 0.5) is 0 Å². The lowest BCUT2D eigenvalue weighted by Crippen LogP contribution is -2.02. The molecule has 0 bridgehead atoms. The lowest BCUT2D eigenvalue weighted by Gasteiger charge is -2.06. The van der Waals surface area contributed by atoms with Gasteiger partial charge in [0.25, 0.3) is 0 Å². The molecule has 0 aliphatic carbocycles. The topological polar surface area (TPSA) is 80.9 Å². The van der Waals surface area contributed by atoms with Crippen molar-refractivity contribution in [3.05, 3.63) is 59.7 Å². The molecule has 0 radical (unpaired) electrons. The third-order valence-corrected chi connectivity index (χ3v) is 4.74. The Kier molecular flexibility index (Phi) is 4.69. The van der Waals surface area contributed by atoms with Crippen molar-refractivity contribution in [2.45, 2.75) is 10.9 Å². The maximum absolute atomic E-state index is 10.9. The van der Waals surface area contributed by atoms with Gasteiger partial charge in [0.05, 0.1) is 11.3 Å². The fraction of sp³-hybridized carbons (Fsp3) is 0.0667. The Morgan fingerprint density at radius 2 is 1.91 bits per heavy atom. The zero-order valence-electron chi connectivity index (χ0n) is 12.0. The second kappa shape index (κ2) is 6.89. The second-order valence-electron chi connectivity index (χ2n) is 4.71. The Morgan fingerprint density at radius 1 is 1.17 bits per heavy atom. The molecule has 3 rings (SSSR count). The van der Waals surface area contributed by atoms with Crippen LogP contribution in [0, 0.1) is 0 Å². The van der Waals surface area contributed by atoms with E-state index in [9.17, 15) is 4.79 Å². The van der Waals surface area contributed by atoms with Crippen LogP contribution in [0.1, 0.15) is 15.9 Å². The van der Waals surface area contributed by atoms with Crippen molar-refractivity contribution < 1.29 is 9.90 Å². The molecule has 0 fully saturated rings. The summed E-state index contributed by atoms with van der Waals surface area (Å²) in [7, 11) is 2.72. The molecule has 1 heterocycles. The van der Waals surface area contributed by atoms with Crippen molar-refractivity contribution in [1.82, 2.24) is 20.2 Å².